The van der Waals surface area contributed by atoms with Crippen molar-refractivity contribution in [3.63, 3.8) is 0 Å². The smallest absolute Gasteiger partial charge is 0.416 e. The van der Waals surface area contributed by atoms with E-state index in [9.17, 15) is 22.8 Å². The first-order valence-electron chi connectivity index (χ1n) is 9.99. The molecule has 9 heteroatoms. The number of nitrogens with one attached hydrogen (secondary N) is 2. The van der Waals surface area contributed by atoms with Crippen LogP contribution < -0.4 is 20.1 Å². The van der Waals surface area contributed by atoms with E-state index in [1.165, 1.54) is 36.4 Å². The Morgan fingerprint density at radius 3 is 2.09 bits per heavy atom. The molecule has 33 heavy (non-hydrogen) atoms. The molecule has 0 aliphatic rings. The van der Waals surface area contributed by atoms with Gasteiger partial charge in [0.1, 0.15) is 11.5 Å². The second kappa shape index (κ2) is 10.5. The highest BCUT2D eigenvalue weighted by atomic mass is 19.4. The number of hydrogen-bond acceptors (Lipinski definition) is 4. The van der Waals surface area contributed by atoms with Crippen LogP contribution in [0.25, 0.3) is 0 Å². The highest BCUT2D eigenvalue weighted by Crippen LogP contribution is 2.30. The molecule has 3 aromatic rings. The topological polar surface area (TPSA) is 76.7 Å². The van der Waals surface area contributed by atoms with Gasteiger partial charge in [0.15, 0.2) is 6.61 Å². The lowest BCUT2D eigenvalue weighted by Gasteiger charge is -2.11. The van der Waals surface area contributed by atoms with Crippen molar-refractivity contribution in [2.24, 2.45) is 0 Å². The van der Waals surface area contributed by atoms with Crippen LogP contribution in [0.3, 0.4) is 0 Å². The van der Waals surface area contributed by atoms with Gasteiger partial charge in [-0.05, 0) is 73.7 Å². The van der Waals surface area contributed by atoms with E-state index in [0.29, 0.717) is 23.8 Å². The van der Waals surface area contributed by atoms with Crippen molar-refractivity contribution in [1.29, 1.82) is 0 Å². The fourth-order valence-electron chi connectivity index (χ4n) is 2.83. The van der Waals surface area contributed by atoms with Crippen molar-refractivity contribution in [2.45, 2.75) is 13.1 Å². The third-order valence-electron chi connectivity index (χ3n) is 4.38. The van der Waals surface area contributed by atoms with Gasteiger partial charge in [0, 0.05) is 16.9 Å². The maximum absolute atomic E-state index is 12.8. The fraction of sp³-hybridized carbons (Fsp3) is 0.167. The van der Waals surface area contributed by atoms with Crippen molar-refractivity contribution >= 4 is 23.2 Å². The Bertz CT molecular complexity index is 1100. The predicted molar refractivity (Wildman–Crippen MR) is 118 cm³/mol. The van der Waals surface area contributed by atoms with Crippen LogP contribution >= 0.6 is 0 Å². The molecule has 0 atom stereocenters. The number of halogens is 3. The summed E-state index contributed by atoms with van der Waals surface area (Å²) in [5.41, 5.74) is -0.0130. The summed E-state index contributed by atoms with van der Waals surface area (Å²) >= 11 is 0. The molecule has 3 rings (SSSR count). The van der Waals surface area contributed by atoms with Crippen LogP contribution in [-0.2, 0) is 11.0 Å². The Labute approximate surface area is 188 Å². The maximum Gasteiger partial charge on any atom is 0.416 e. The zero-order valence-electron chi connectivity index (χ0n) is 17.6. The first-order valence-corrected chi connectivity index (χ1v) is 9.99. The molecule has 3 aromatic carbocycles. The number of alkyl halides is 3. The summed E-state index contributed by atoms with van der Waals surface area (Å²) in [5.74, 6) is 0.107. The van der Waals surface area contributed by atoms with Crippen molar-refractivity contribution < 1.29 is 32.2 Å². The van der Waals surface area contributed by atoms with Crippen LogP contribution in [0.15, 0.2) is 72.8 Å². The van der Waals surface area contributed by atoms with Gasteiger partial charge in [0.2, 0.25) is 0 Å². The molecule has 0 bridgehead atoms. The average molecular weight is 458 g/mol. The number of carbonyl (C=O) groups is 2. The standard InChI is InChI=1S/C24H21F3N2O4/c1-2-32-20-12-8-18(9-13-20)28-22(30)15-33-21-10-6-16(7-11-21)23(31)29-19-5-3-4-17(14-19)24(25,26)27/h3-14H,2,15H2,1H3,(H,28,30)(H,29,31). The summed E-state index contributed by atoms with van der Waals surface area (Å²) in [6, 6.07) is 17.1. The minimum absolute atomic E-state index is 0.0288. The molecule has 2 amide bonds. The molecule has 172 valence electrons. The normalized spacial score (nSPS) is 10.9. The number of benzene rings is 3. The number of rotatable bonds is 8. The molecule has 0 saturated carbocycles. The quantitative estimate of drug-likeness (QED) is 0.476. The maximum atomic E-state index is 12.8. The zero-order chi connectivity index (χ0) is 23.8. The van der Waals surface area contributed by atoms with Gasteiger partial charge in [0.25, 0.3) is 11.8 Å². The second-order valence-corrected chi connectivity index (χ2v) is 6.85. The Kier molecular flexibility index (Phi) is 7.55. The predicted octanol–water partition coefficient (Wildman–Crippen LogP) is 5.37. The molecule has 6 nitrogen and oxygen atoms in total. The lowest BCUT2D eigenvalue weighted by Crippen LogP contribution is -2.20. The third kappa shape index (κ3) is 6.99. The average Bonchev–Trinajstić information content (AvgIpc) is 2.79. The molecule has 0 spiro atoms. The molecule has 0 heterocycles. The molecule has 0 fully saturated rings. The molecule has 0 aliphatic heterocycles. The van der Waals surface area contributed by atoms with Gasteiger partial charge in [-0.1, -0.05) is 6.07 Å². The van der Waals surface area contributed by atoms with Crippen LogP contribution in [0.2, 0.25) is 0 Å². The van der Waals surface area contributed by atoms with Gasteiger partial charge < -0.3 is 20.1 Å². The summed E-state index contributed by atoms with van der Waals surface area (Å²) in [4.78, 5) is 24.4. The number of ether oxygens (including phenoxy) is 2. The SMILES string of the molecule is CCOc1ccc(NC(=O)COc2ccc(C(=O)Nc3cccc(C(F)(F)F)c3)cc2)cc1. The lowest BCUT2D eigenvalue weighted by atomic mass is 10.1. The summed E-state index contributed by atoms with van der Waals surface area (Å²) < 4.78 is 49.2. The van der Waals surface area contributed by atoms with E-state index < -0.39 is 17.6 Å². The van der Waals surface area contributed by atoms with Crippen LogP contribution in [0.4, 0.5) is 24.5 Å². The van der Waals surface area contributed by atoms with E-state index in [1.54, 1.807) is 24.3 Å². The number of hydrogen-bond donors (Lipinski definition) is 2. The Balaban J connectivity index is 1.51. The van der Waals surface area contributed by atoms with Gasteiger partial charge in [0.05, 0.1) is 12.2 Å². The molecule has 0 saturated heterocycles. The highest BCUT2D eigenvalue weighted by molar-refractivity contribution is 6.04. The zero-order valence-corrected chi connectivity index (χ0v) is 17.6. The van der Waals surface area contributed by atoms with Gasteiger partial charge in [-0.15, -0.1) is 0 Å². The largest absolute Gasteiger partial charge is 0.494 e. The second-order valence-electron chi connectivity index (χ2n) is 6.85. The van der Waals surface area contributed by atoms with E-state index in [1.807, 2.05) is 6.92 Å². The van der Waals surface area contributed by atoms with Crippen molar-refractivity contribution in [3.8, 4) is 11.5 Å². The first kappa shape index (κ1) is 23.6. The molecule has 0 radical (unpaired) electrons. The fourth-order valence-corrected chi connectivity index (χ4v) is 2.83. The summed E-state index contributed by atoms with van der Waals surface area (Å²) in [5, 5.41) is 5.12. The number of amides is 2. The number of anilines is 2. The molecule has 0 aromatic heterocycles. The minimum Gasteiger partial charge on any atom is -0.494 e. The Morgan fingerprint density at radius 1 is 0.818 bits per heavy atom. The van der Waals surface area contributed by atoms with E-state index in [0.717, 1.165) is 12.1 Å². The van der Waals surface area contributed by atoms with E-state index >= 15 is 0 Å². The molecular weight excluding hydrogens is 437 g/mol. The molecule has 0 unspecified atom stereocenters. The van der Waals surface area contributed by atoms with Gasteiger partial charge in [-0.25, -0.2) is 0 Å². The summed E-state index contributed by atoms with van der Waals surface area (Å²) in [6.07, 6.45) is -4.50. The third-order valence-corrected chi connectivity index (χ3v) is 4.38. The summed E-state index contributed by atoms with van der Waals surface area (Å²) in [7, 11) is 0. The lowest BCUT2D eigenvalue weighted by molar-refractivity contribution is -0.137. The first-order chi connectivity index (χ1) is 15.7. The van der Waals surface area contributed by atoms with Crippen LogP contribution in [0, 0.1) is 0 Å². The monoisotopic (exact) mass is 458 g/mol. The molecular formula is C24H21F3N2O4. The van der Waals surface area contributed by atoms with E-state index in [2.05, 4.69) is 10.6 Å². The minimum atomic E-state index is -4.50. The van der Waals surface area contributed by atoms with Gasteiger partial charge in [-0.2, -0.15) is 13.2 Å². The van der Waals surface area contributed by atoms with E-state index in [4.69, 9.17) is 9.47 Å². The summed E-state index contributed by atoms with van der Waals surface area (Å²) in [6.45, 7) is 2.18. The van der Waals surface area contributed by atoms with Gasteiger partial charge in [-0.3, -0.25) is 9.59 Å². The number of carbonyl (C=O) groups excluding carboxylic acids is 2. The van der Waals surface area contributed by atoms with Crippen molar-refractivity contribution in [2.75, 3.05) is 23.8 Å². The van der Waals surface area contributed by atoms with Gasteiger partial charge >= 0.3 is 6.18 Å². The van der Waals surface area contributed by atoms with Crippen LogP contribution in [0.5, 0.6) is 11.5 Å². The van der Waals surface area contributed by atoms with E-state index in [-0.39, 0.29) is 23.8 Å². The molecule has 2 N–H and O–H groups in total. The molecule has 0 aliphatic carbocycles. The Morgan fingerprint density at radius 2 is 1.45 bits per heavy atom. The van der Waals surface area contributed by atoms with Crippen molar-refractivity contribution in [1.82, 2.24) is 0 Å². The van der Waals surface area contributed by atoms with Crippen molar-refractivity contribution in [3.05, 3.63) is 83.9 Å². The van der Waals surface area contributed by atoms with Crippen LogP contribution in [-0.4, -0.2) is 25.0 Å². The highest BCUT2D eigenvalue weighted by Gasteiger charge is 2.30. The Hall–Kier alpha value is -4.01. The van der Waals surface area contributed by atoms with Crippen LogP contribution in [0.1, 0.15) is 22.8 Å².